The van der Waals surface area contributed by atoms with Crippen LogP contribution in [0.5, 0.6) is 11.5 Å². The van der Waals surface area contributed by atoms with Gasteiger partial charge in [-0.15, -0.1) is 0 Å². The van der Waals surface area contributed by atoms with Gasteiger partial charge >= 0.3 is 0 Å². The lowest BCUT2D eigenvalue weighted by Gasteiger charge is -2.43. The van der Waals surface area contributed by atoms with Gasteiger partial charge in [0.25, 0.3) is 8.32 Å². The normalized spacial score (nSPS) is 16.2. The van der Waals surface area contributed by atoms with Crippen LogP contribution >= 0.6 is 31.9 Å². The van der Waals surface area contributed by atoms with Gasteiger partial charge in [0, 0.05) is 11.1 Å². The fraction of sp³-hybridized carbons (Fsp3) is 0.586. The molecule has 4 rings (SSSR count). The van der Waals surface area contributed by atoms with Gasteiger partial charge < -0.3 is 9.53 Å². The van der Waals surface area contributed by atoms with Crippen LogP contribution in [-0.4, -0.2) is 13.4 Å². The molecule has 0 aliphatic heterocycles. The van der Waals surface area contributed by atoms with E-state index >= 15 is 0 Å². The van der Waals surface area contributed by atoms with Gasteiger partial charge in [-0.2, -0.15) is 0 Å². The van der Waals surface area contributed by atoms with Gasteiger partial charge in [-0.1, -0.05) is 41.5 Å². The van der Waals surface area contributed by atoms with Crippen LogP contribution in [0.2, 0.25) is 16.6 Å². The Morgan fingerprint density at radius 3 is 1.65 bits per heavy atom. The van der Waals surface area contributed by atoms with E-state index in [9.17, 15) is 5.11 Å². The molecule has 1 N–H and O–H groups in total. The molecule has 0 saturated carbocycles. The molecule has 2 aromatic rings. The first kappa shape index (κ1) is 26.3. The minimum absolute atomic E-state index is 0.377. The highest BCUT2D eigenvalue weighted by atomic mass is 79.9. The van der Waals surface area contributed by atoms with Crippen molar-refractivity contribution >= 4 is 40.2 Å². The monoisotopic (exact) mass is 606 g/mol. The third kappa shape index (κ3) is 4.43. The van der Waals surface area contributed by atoms with Crippen molar-refractivity contribution in [3.63, 3.8) is 0 Å². The van der Waals surface area contributed by atoms with Crippen LogP contribution in [0.1, 0.15) is 89.5 Å². The molecule has 0 heterocycles. The summed E-state index contributed by atoms with van der Waals surface area (Å²) in [6, 6.07) is 4.46. The van der Waals surface area contributed by atoms with Crippen molar-refractivity contribution < 1.29 is 9.53 Å². The number of hydrogen-bond donors (Lipinski definition) is 1. The standard InChI is InChI=1S/C29H40Br2O2Si/c1-17(2)34(18(3)4,19(5)6)33-29-25(31)16-21-12-8-10-14-23(21)27(29)26-22-13-9-7-11-20(22)15-24(30)28(26)32/h15-19,32H,7-14H2,1-6H3. The molecule has 0 radical (unpaired) electrons. The van der Waals surface area contributed by atoms with E-state index in [1.54, 1.807) is 0 Å². The van der Waals surface area contributed by atoms with Crippen molar-refractivity contribution in [1.29, 1.82) is 0 Å². The summed E-state index contributed by atoms with van der Waals surface area (Å²) in [4.78, 5) is 0. The lowest BCUT2D eigenvalue weighted by atomic mass is 9.80. The number of fused-ring (bicyclic) bond motifs is 2. The van der Waals surface area contributed by atoms with Crippen LogP contribution in [0.15, 0.2) is 21.1 Å². The molecule has 0 unspecified atom stereocenters. The summed E-state index contributed by atoms with van der Waals surface area (Å²) in [5.74, 6) is 1.35. The van der Waals surface area contributed by atoms with Crippen molar-refractivity contribution in [2.75, 3.05) is 0 Å². The SMILES string of the molecule is CC(C)[Si](Oc1c(Br)cc2c(c1-c1c(O)c(Br)cc3c1CCCC3)CCCC2)(C(C)C)C(C)C. The second-order valence-electron chi connectivity index (χ2n) is 11.3. The molecule has 0 spiro atoms. The second kappa shape index (κ2) is 10.3. The highest BCUT2D eigenvalue weighted by molar-refractivity contribution is 9.11. The average Bonchev–Trinajstić information content (AvgIpc) is 2.78. The lowest BCUT2D eigenvalue weighted by Crippen LogP contribution is -2.51. The third-order valence-electron chi connectivity index (χ3n) is 8.37. The second-order valence-corrected chi connectivity index (χ2v) is 18.3. The Morgan fingerprint density at radius 1 is 0.706 bits per heavy atom. The third-order valence-corrected chi connectivity index (χ3v) is 15.5. The van der Waals surface area contributed by atoms with E-state index in [4.69, 9.17) is 4.43 Å². The van der Waals surface area contributed by atoms with E-state index in [-0.39, 0.29) is 0 Å². The maximum absolute atomic E-state index is 11.5. The Kier molecular flexibility index (Phi) is 7.96. The Hall–Kier alpha value is -0.783. The zero-order valence-electron chi connectivity index (χ0n) is 21.7. The first-order valence-corrected chi connectivity index (χ1v) is 16.9. The number of phenols is 1. The molecule has 34 heavy (non-hydrogen) atoms. The van der Waals surface area contributed by atoms with E-state index in [0.717, 1.165) is 45.9 Å². The zero-order chi connectivity index (χ0) is 24.8. The zero-order valence-corrected chi connectivity index (χ0v) is 25.8. The quantitative estimate of drug-likeness (QED) is 0.331. The highest BCUT2D eigenvalue weighted by Gasteiger charge is 2.48. The molecule has 2 nitrogen and oxygen atoms in total. The van der Waals surface area contributed by atoms with Crippen LogP contribution < -0.4 is 4.43 Å². The van der Waals surface area contributed by atoms with Crippen LogP contribution in [0, 0.1) is 0 Å². The summed E-state index contributed by atoms with van der Waals surface area (Å²) in [6.45, 7) is 14.1. The molecule has 0 aromatic heterocycles. The van der Waals surface area contributed by atoms with Gasteiger partial charge in [0.05, 0.1) is 8.95 Å². The lowest BCUT2D eigenvalue weighted by molar-refractivity contribution is 0.466. The number of benzene rings is 2. The first-order chi connectivity index (χ1) is 16.1. The topological polar surface area (TPSA) is 29.5 Å². The average molecular weight is 609 g/mol. The van der Waals surface area contributed by atoms with Crippen molar-refractivity contribution in [1.82, 2.24) is 0 Å². The van der Waals surface area contributed by atoms with Gasteiger partial charge in [-0.3, -0.25) is 0 Å². The number of aromatic hydroxyl groups is 1. The van der Waals surface area contributed by atoms with Gasteiger partial charge in [0.1, 0.15) is 11.5 Å². The van der Waals surface area contributed by atoms with Crippen molar-refractivity contribution in [2.45, 2.75) is 110 Å². The van der Waals surface area contributed by atoms with Crippen molar-refractivity contribution in [2.24, 2.45) is 0 Å². The molecule has 2 aromatic carbocycles. The summed E-state index contributed by atoms with van der Waals surface area (Å²) in [5.41, 5.74) is 9.14. The number of phenolic OH excluding ortho intramolecular Hbond substituents is 1. The molecule has 2 aliphatic rings. The van der Waals surface area contributed by atoms with Crippen LogP contribution in [0.25, 0.3) is 11.1 Å². The molecule has 186 valence electrons. The minimum atomic E-state index is -2.20. The molecule has 0 saturated heterocycles. The number of hydrogen-bond acceptors (Lipinski definition) is 2. The van der Waals surface area contributed by atoms with Gasteiger partial charge in [0.2, 0.25) is 0 Å². The Morgan fingerprint density at radius 2 is 1.15 bits per heavy atom. The maximum atomic E-state index is 11.5. The Bertz CT molecular complexity index is 1050. The highest BCUT2D eigenvalue weighted by Crippen LogP contribution is 2.53. The summed E-state index contributed by atoms with van der Waals surface area (Å²) in [6.07, 6.45) is 9.06. The molecule has 0 amide bonds. The van der Waals surface area contributed by atoms with E-state index in [2.05, 4.69) is 85.5 Å². The number of aryl methyl sites for hydroxylation is 2. The first-order valence-electron chi connectivity index (χ1n) is 13.2. The van der Waals surface area contributed by atoms with Crippen molar-refractivity contribution in [3.8, 4) is 22.6 Å². The van der Waals surface area contributed by atoms with Gasteiger partial charge in [0.15, 0.2) is 0 Å². The Balaban J connectivity index is 2.07. The smallest absolute Gasteiger partial charge is 0.258 e. The molecular weight excluding hydrogens is 568 g/mol. The van der Waals surface area contributed by atoms with Gasteiger partial charge in [-0.25, -0.2) is 0 Å². The fourth-order valence-electron chi connectivity index (χ4n) is 6.87. The minimum Gasteiger partial charge on any atom is -0.542 e. The molecule has 0 fully saturated rings. The van der Waals surface area contributed by atoms with Gasteiger partial charge in [-0.05, 0) is 134 Å². The molecule has 5 heteroatoms. The number of rotatable bonds is 6. The van der Waals surface area contributed by atoms with Crippen LogP contribution in [0.4, 0.5) is 0 Å². The van der Waals surface area contributed by atoms with E-state index in [0.29, 0.717) is 22.4 Å². The molecular formula is C29H40Br2O2Si. The number of halogens is 2. The van der Waals surface area contributed by atoms with Crippen LogP contribution in [0.3, 0.4) is 0 Å². The van der Waals surface area contributed by atoms with E-state index in [1.165, 1.54) is 53.5 Å². The summed E-state index contributed by atoms with van der Waals surface area (Å²) < 4.78 is 9.27. The predicted octanol–water partition coefficient (Wildman–Crippen LogP) is 9.90. The summed E-state index contributed by atoms with van der Waals surface area (Å²) in [7, 11) is -2.20. The predicted molar refractivity (Wildman–Crippen MR) is 154 cm³/mol. The molecule has 0 bridgehead atoms. The van der Waals surface area contributed by atoms with E-state index < -0.39 is 8.32 Å². The Labute approximate surface area is 224 Å². The molecule has 0 atom stereocenters. The summed E-state index contributed by atoms with van der Waals surface area (Å²) >= 11 is 7.67. The fourth-order valence-corrected chi connectivity index (χ4v) is 13.3. The maximum Gasteiger partial charge on any atom is 0.258 e. The molecule has 2 aliphatic carbocycles. The van der Waals surface area contributed by atoms with Crippen LogP contribution in [-0.2, 0) is 25.7 Å². The summed E-state index contributed by atoms with van der Waals surface area (Å²) in [5, 5.41) is 11.5. The largest absolute Gasteiger partial charge is 0.542 e. The van der Waals surface area contributed by atoms with Crippen molar-refractivity contribution in [3.05, 3.63) is 43.3 Å². The van der Waals surface area contributed by atoms with E-state index in [1.807, 2.05) is 0 Å².